The van der Waals surface area contributed by atoms with Crippen LogP contribution in [0.4, 0.5) is 5.69 Å². The molecule has 0 aliphatic carbocycles. The summed E-state index contributed by atoms with van der Waals surface area (Å²) in [5.41, 5.74) is 0.370. The van der Waals surface area contributed by atoms with Crippen molar-refractivity contribution in [3.63, 3.8) is 0 Å². The van der Waals surface area contributed by atoms with Gasteiger partial charge >= 0.3 is 0 Å². The van der Waals surface area contributed by atoms with E-state index in [0.717, 1.165) is 23.1 Å². The Morgan fingerprint density at radius 3 is 2.63 bits per heavy atom. The second kappa shape index (κ2) is 6.83. The fourth-order valence-electron chi connectivity index (χ4n) is 2.51. The van der Waals surface area contributed by atoms with Crippen molar-refractivity contribution in [2.24, 2.45) is 7.05 Å². The Morgan fingerprint density at radius 1 is 1.19 bits per heavy atom. The predicted molar refractivity (Wildman–Crippen MR) is 104 cm³/mol. The second-order valence-electron chi connectivity index (χ2n) is 5.54. The third-order valence-electron chi connectivity index (χ3n) is 3.77. The summed E-state index contributed by atoms with van der Waals surface area (Å²) in [6.07, 6.45) is 0. The summed E-state index contributed by atoms with van der Waals surface area (Å²) >= 11 is 2.28. The van der Waals surface area contributed by atoms with Crippen LogP contribution in [0.5, 0.6) is 5.75 Å². The van der Waals surface area contributed by atoms with Crippen molar-refractivity contribution in [3.8, 4) is 5.75 Å². The highest BCUT2D eigenvalue weighted by atomic mass is 32.2. The number of anilines is 1. The summed E-state index contributed by atoms with van der Waals surface area (Å²) < 4.78 is 29.6. The summed E-state index contributed by atoms with van der Waals surface area (Å²) in [5.74, 6) is 0.0395. The molecule has 0 saturated carbocycles. The molecular formula is C16H13N5O3S3. The van der Waals surface area contributed by atoms with Crippen LogP contribution in [0, 0.1) is 0 Å². The van der Waals surface area contributed by atoms with Gasteiger partial charge in [-0.15, -0.1) is 16.4 Å². The standard InChI is InChI=1S/C16H13N5O3S3/c1-21-16(17-19-20-21)26-13-9-12(10-5-2-3-6-11(10)15(13)22)18-27(23,24)14-7-4-8-25-14/h2-9,18,22H,1H3. The Kier molecular flexibility index (Phi) is 4.50. The van der Waals surface area contributed by atoms with E-state index >= 15 is 0 Å². The third kappa shape index (κ3) is 3.36. The Morgan fingerprint density at radius 2 is 1.96 bits per heavy atom. The van der Waals surface area contributed by atoms with Gasteiger partial charge < -0.3 is 5.11 Å². The highest BCUT2D eigenvalue weighted by molar-refractivity contribution is 7.99. The molecule has 2 aromatic carbocycles. The van der Waals surface area contributed by atoms with Gasteiger partial charge in [0.1, 0.15) is 9.96 Å². The number of aromatic nitrogens is 4. The van der Waals surface area contributed by atoms with Crippen LogP contribution < -0.4 is 4.72 Å². The minimum absolute atomic E-state index is 0.0395. The zero-order valence-corrected chi connectivity index (χ0v) is 16.3. The van der Waals surface area contributed by atoms with Crippen LogP contribution in [-0.2, 0) is 17.1 Å². The first-order valence-electron chi connectivity index (χ1n) is 7.67. The molecule has 0 unspecified atom stereocenters. The molecule has 0 spiro atoms. The molecule has 0 amide bonds. The molecule has 11 heteroatoms. The lowest BCUT2D eigenvalue weighted by Crippen LogP contribution is -2.11. The van der Waals surface area contributed by atoms with E-state index in [1.165, 1.54) is 10.7 Å². The number of phenols is 1. The van der Waals surface area contributed by atoms with Crippen LogP contribution in [0.25, 0.3) is 10.8 Å². The largest absolute Gasteiger partial charge is 0.506 e. The van der Waals surface area contributed by atoms with Gasteiger partial charge in [-0.2, -0.15) is 0 Å². The summed E-state index contributed by atoms with van der Waals surface area (Å²) in [5, 5.41) is 25.2. The van der Waals surface area contributed by atoms with E-state index in [-0.39, 0.29) is 9.96 Å². The highest BCUT2D eigenvalue weighted by Crippen LogP contribution is 2.42. The van der Waals surface area contributed by atoms with E-state index in [9.17, 15) is 13.5 Å². The summed E-state index contributed by atoms with van der Waals surface area (Å²) in [6, 6.07) is 11.8. The number of phenolic OH excluding ortho intramolecular Hbond substituents is 1. The normalized spacial score (nSPS) is 11.7. The zero-order valence-electron chi connectivity index (χ0n) is 13.9. The van der Waals surface area contributed by atoms with Crippen molar-refractivity contribution in [2.75, 3.05) is 4.72 Å². The van der Waals surface area contributed by atoms with Crippen molar-refractivity contribution < 1.29 is 13.5 Å². The van der Waals surface area contributed by atoms with Gasteiger partial charge in [-0.25, -0.2) is 13.1 Å². The number of aryl methyl sites for hydroxylation is 1. The molecule has 2 N–H and O–H groups in total. The first kappa shape index (κ1) is 17.8. The molecule has 2 heterocycles. The van der Waals surface area contributed by atoms with Gasteiger partial charge in [0.25, 0.3) is 10.0 Å². The smallest absolute Gasteiger partial charge is 0.271 e. The molecule has 0 aliphatic rings. The number of thiophene rings is 1. The number of tetrazole rings is 1. The lowest BCUT2D eigenvalue weighted by Gasteiger charge is -2.14. The molecule has 0 saturated heterocycles. The van der Waals surface area contributed by atoms with Crippen LogP contribution in [0.2, 0.25) is 0 Å². The first-order valence-corrected chi connectivity index (χ1v) is 10.8. The lowest BCUT2D eigenvalue weighted by molar-refractivity contribution is 0.469. The minimum Gasteiger partial charge on any atom is -0.506 e. The highest BCUT2D eigenvalue weighted by Gasteiger charge is 2.20. The van der Waals surface area contributed by atoms with Gasteiger partial charge in [-0.05, 0) is 39.7 Å². The summed E-state index contributed by atoms with van der Waals surface area (Å²) in [7, 11) is -2.05. The molecular weight excluding hydrogens is 406 g/mol. The van der Waals surface area contributed by atoms with Gasteiger partial charge in [0, 0.05) is 17.8 Å². The lowest BCUT2D eigenvalue weighted by atomic mass is 10.1. The van der Waals surface area contributed by atoms with Crippen molar-refractivity contribution >= 4 is 49.6 Å². The van der Waals surface area contributed by atoms with Crippen molar-refractivity contribution in [1.82, 2.24) is 20.2 Å². The van der Waals surface area contributed by atoms with Crippen molar-refractivity contribution in [1.29, 1.82) is 0 Å². The molecule has 8 nitrogen and oxygen atoms in total. The minimum atomic E-state index is -3.73. The second-order valence-corrected chi connectivity index (χ2v) is 9.41. The maximum atomic E-state index is 12.7. The molecule has 0 aliphatic heterocycles. The van der Waals surface area contributed by atoms with E-state index in [1.807, 2.05) is 0 Å². The van der Waals surface area contributed by atoms with Gasteiger partial charge in [0.15, 0.2) is 0 Å². The summed E-state index contributed by atoms with van der Waals surface area (Å²) in [6.45, 7) is 0. The van der Waals surface area contributed by atoms with E-state index in [0.29, 0.717) is 26.5 Å². The predicted octanol–water partition coefficient (Wildman–Crippen LogP) is 3.08. The number of rotatable bonds is 5. The molecule has 0 radical (unpaired) electrons. The van der Waals surface area contributed by atoms with E-state index in [4.69, 9.17) is 0 Å². The van der Waals surface area contributed by atoms with Gasteiger partial charge in [-0.3, -0.25) is 4.72 Å². The number of benzene rings is 2. The van der Waals surface area contributed by atoms with E-state index in [1.54, 1.807) is 48.8 Å². The van der Waals surface area contributed by atoms with E-state index < -0.39 is 10.0 Å². The molecule has 0 fully saturated rings. The first-order chi connectivity index (χ1) is 13.0. The maximum absolute atomic E-state index is 12.7. The average molecular weight is 420 g/mol. The maximum Gasteiger partial charge on any atom is 0.271 e. The molecule has 4 aromatic rings. The number of nitrogens with zero attached hydrogens (tertiary/aromatic N) is 4. The van der Waals surface area contributed by atoms with Crippen LogP contribution in [0.15, 0.2) is 62.1 Å². The molecule has 0 atom stereocenters. The number of hydrogen-bond donors (Lipinski definition) is 2. The Balaban J connectivity index is 1.84. The quantitative estimate of drug-likeness (QED) is 0.478. The number of aromatic hydroxyl groups is 1. The van der Waals surface area contributed by atoms with Crippen LogP contribution in [-0.4, -0.2) is 33.7 Å². The Labute approximate surface area is 162 Å². The van der Waals surface area contributed by atoms with Gasteiger partial charge in [0.2, 0.25) is 5.16 Å². The van der Waals surface area contributed by atoms with E-state index in [2.05, 4.69) is 20.2 Å². The number of hydrogen-bond acceptors (Lipinski definition) is 8. The van der Waals surface area contributed by atoms with Crippen LogP contribution in [0.1, 0.15) is 0 Å². The number of nitrogens with one attached hydrogen (secondary N) is 1. The number of fused-ring (bicyclic) bond motifs is 1. The zero-order chi connectivity index (χ0) is 19.0. The topological polar surface area (TPSA) is 110 Å². The molecule has 4 rings (SSSR count). The Bertz CT molecular complexity index is 1220. The number of sulfonamides is 1. The fourth-order valence-corrected chi connectivity index (χ4v) is 5.40. The SMILES string of the molecule is Cn1nnnc1Sc1cc(NS(=O)(=O)c2cccs2)c2ccccc2c1O. The Hall–Kier alpha value is -2.63. The van der Waals surface area contributed by atoms with Crippen molar-refractivity contribution in [2.45, 2.75) is 14.3 Å². The fraction of sp³-hybridized carbons (Fsp3) is 0.0625. The monoisotopic (exact) mass is 419 g/mol. The van der Waals surface area contributed by atoms with Gasteiger partial charge in [0.05, 0.1) is 10.6 Å². The molecule has 2 aromatic heterocycles. The summed E-state index contributed by atoms with van der Waals surface area (Å²) in [4.78, 5) is 0.440. The third-order valence-corrected chi connectivity index (χ3v) is 7.59. The average Bonchev–Trinajstić information content (AvgIpc) is 3.32. The van der Waals surface area contributed by atoms with Gasteiger partial charge in [-0.1, -0.05) is 30.3 Å². The van der Waals surface area contributed by atoms with Crippen molar-refractivity contribution in [3.05, 3.63) is 47.8 Å². The van der Waals surface area contributed by atoms with Crippen LogP contribution in [0.3, 0.4) is 0 Å². The molecule has 0 bridgehead atoms. The van der Waals surface area contributed by atoms with Crippen LogP contribution >= 0.6 is 23.1 Å². The molecule has 27 heavy (non-hydrogen) atoms. The molecule has 138 valence electrons.